The van der Waals surface area contributed by atoms with Crippen molar-refractivity contribution in [3.8, 4) is 0 Å². The molecule has 3 aromatic rings. The minimum atomic E-state index is -0.196. The zero-order chi connectivity index (χ0) is 24.8. The van der Waals surface area contributed by atoms with Gasteiger partial charge in [-0.3, -0.25) is 9.59 Å². The van der Waals surface area contributed by atoms with Gasteiger partial charge in [-0.1, -0.05) is 29.8 Å². The molecule has 6 nitrogen and oxygen atoms in total. The number of carbonyl (C=O) groups is 2. The Morgan fingerprint density at radius 1 is 1.31 bits per heavy atom. The van der Waals surface area contributed by atoms with Crippen molar-refractivity contribution in [2.75, 3.05) is 18.8 Å². The highest BCUT2D eigenvalue weighted by Crippen LogP contribution is 2.31. The van der Waals surface area contributed by atoms with Crippen LogP contribution in [0.1, 0.15) is 55.7 Å². The third kappa shape index (κ3) is 6.31. The average Bonchev–Trinajstić information content (AvgIpc) is 3.38. The molecule has 2 aromatic heterocycles. The molecule has 35 heavy (non-hydrogen) atoms. The Balaban J connectivity index is 1.32. The molecule has 1 fully saturated rings. The number of pyridine rings is 1. The van der Waals surface area contributed by atoms with Crippen molar-refractivity contribution >= 4 is 46.5 Å². The predicted molar refractivity (Wildman–Crippen MR) is 143 cm³/mol. The van der Waals surface area contributed by atoms with Crippen molar-refractivity contribution in [3.05, 3.63) is 87.0 Å². The second-order valence-corrected chi connectivity index (χ2v) is 10.7. The lowest BCUT2D eigenvalue weighted by atomic mass is 9.97. The maximum Gasteiger partial charge on any atom is 0.271 e. The van der Waals surface area contributed by atoms with Crippen LogP contribution in [0.25, 0.3) is 0 Å². The normalized spacial score (nSPS) is 14.1. The Hall–Kier alpha value is -2.68. The number of hydrogen-bond acceptors (Lipinski definition) is 6. The second-order valence-electron chi connectivity index (χ2n) is 8.36. The highest BCUT2D eigenvalue weighted by molar-refractivity contribution is 7.99. The van der Waals surface area contributed by atoms with E-state index in [1.807, 2.05) is 41.5 Å². The highest BCUT2D eigenvalue weighted by atomic mass is 35.5. The van der Waals surface area contributed by atoms with E-state index in [1.54, 1.807) is 18.3 Å². The fourth-order valence-corrected chi connectivity index (χ4v) is 5.80. The number of amides is 2. The van der Waals surface area contributed by atoms with E-state index in [1.165, 1.54) is 23.1 Å². The minimum absolute atomic E-state index is 0.0125. The standard InChI is InChI=1S/C26H27ClN4O2S2/c1-3-13-34-25-20(5-4-10-28-25)26(33)31-11-8-19(9-12-31)24-30-22(16-35-24)23(32)29-15-18-7-6-17(2)21(27)14-18/h3-7,10,14,16,19H,1,8-9,11-13,15H2,2H3,(H,29,32). The first-order valence-electron chi connectivity index (χ1n) is 11.4. The number of likely N-dealkylation sites (tertiary alicyclic amines) is 1. The maximum absolute atomic E-state index is 13.1. The van der Waals surface area contributed by atoms with Gasteiger partial charge in [0.25, 0.3) is 11.8 Å². The Morgan fingerprint density at radius 2 is 2.11 bits per heavy atom. The largest absolute Gasteiger partial charge is 0.347 e. The average molecular weight is 527 g/mol. The molecule has 0 atom stereocenters. The van der Waals surface area contributed by atoms with Crippen LogP contribution in [0.4, 0.5) is 0 Å². The molecule has 0 bridgehead atoms. The van der Waals surface area contributed by atoms with E-state index in [0.717, 1.165) is 34.0 Å². The fourth-order valence-electron chi connectivity index (χ4n) is 3.90. The summed E-state index contributed by atoms with van der Waals surface area (Å²) in [4.78, 5) is 36.6. The molecule has 0 radical (unpaired) electrons. The molecule has 1 saturated heterocycles. The molecule has 1 N–H and O–H groups in total. The second kappa shape index (κ2) is 11.8. The van der Waals surface area contributed by atoms with E-state index in [-0.39, 0.29) is 17.7 Å². The van der Waals surface area contributed by atoms with Crippen LogP contribution in [0, 0.1) is 6.92 Å². The van der Waals surface area contributed by atoms with Crippen LogP contribution in [-0.2, 0) is 6.54 Å². The molecule has 3 heterocycles. The molecule has 2 amide bonds. The van der Waals surface area contributed by atoms with Crippen LogP contribution in [0.3, 0.4) is 0 Å². The molecule has 0 spiro atoms. The Morgan fingerprint density at radius 3 is 2.86 bits per heavy atom. The molecular weight excluding hydrogens is 500 g/mol. The van der Waals surface area contributed by atoms with Crippen LogP contribution >= 0.6 is 34.7 Å². The summed E-state index contributed by atoms with van der Waals surface area (Å²) >= 11 is 9.20. The molecule has 4 rings (SSSR count). The van der Waals surface area contributed by atoms with Crippen LogP contribution in [0.5, 0.6) is 0 Å². The number of aromatic nitrogens is 2. The Labute approximate surface area is 218 Å². The summed E-state index contributed by atoms with van der Waals surface area (Å²) in [5.74, 6) is 0.763. The lowest BCUT2D eigenvalue weighted by molar-refractivity contribution is 0.0708. The van der Waals surface area contributed by atoms with Crippen molar-refractivity contribution in [3.63, 3.8) is 0 Å². The van der Waals surface area contributed by atoms with Crippen molar-refractivity contribution in [2.24, 2.45) is 0 Å². The van der Waals surface area contributed by atoms with E-state index in [4.69, 9.17) is 11.6 Å². The van der Waals surface area contributed by atoms with Crippen molar-refractivity contribution in [1.82, 2.24) is 20.2 Å². The van der Waals surface area contributed by atoms with Crippen molar-refractivity contribution in [2.45, 2.75) is 37.3 Å². The highest BCUT2D eigenvalue weighted by Gasteiger charge is 2.28. The first-order valence-corrected chi connectivity index (χ1v) is 13.7. The number of nitrogens with zero attached hydrogens (tertiary/aromatic N) is 3. The number of rotatable bonds is 8. The zero-order valence-corrected chi connectivity index (χ0v) is 21.9. The van der Waals surface area contributed by atoms with E-state index >= 15 is 0 Å². The quantitative estimate of drug-likeness (QED) is 0.300. The summed E-state index contributed by atoms with van der Waals surface area (Å²) in [6, 6.07) is 9.40. The number of halogens is 1. The van der Waals surface area contributed by atoms with Gasteiger partial charge in [-0.2, -0.15) is 0 Å². The summed E-state index contributed by atoms with van der Waals surface area (Å²) in [7, 11) is 0. The van der Waals surface area contributed by atoms with Crippen molar-refractivity contribution < 1.29 is 9.59 Å². The van der Waals surface area contributed by atoms with Gasteiger partial charge in [0.1, 0.15) is 10.7 Å². The summed E-state index contributed by atoms with van der Waals surface area (Å²) in [6.07, 6.45) is 5.15. The number of piperidine rings is 1. The lowest BCUT2D eigenvalue weighted by Gasteiger charge is -2.31. The number of thiazole rings is 1. The molecule has 9 heteroatoms. The van der Waals surface area contributed by atoms with Gasteiger partial charge in [-0.25, -0.2) is 9.97 Å². The minimum Gasteiger partial charge on any atom is -0.347 e. The smallest absolute Gasteiger partial charge is 0.271 e. The van der Waals surface area contributed by atoms with Gasteiger partial charge < -0.3 is 10.2 Å². The number of hydrogen-bond donors (Lipinski definition) is 1. The van der Waals surface area contributed by atoms with Gasteiger partial charge in [0, 0.05) is 47.9 Å². The van der Waals surface area contributed by atoms with Crippen LogP contribution in [0.15, 0.2) is 59.6 Å². The monoisotopic (exact) mass is 526 g/mol. The Bertz CT molecular complexity index is 1220. The van der Waals surface area contributed by atoms with E-state index in [2.05, 4.69) is 21.9 Å². The molecule has 1 aliphatic rings. The number of aryl methyl sites for hydroxylation is 1. The van der Waals surface area contributed by atoms with Crippen molar-refractivity contribution in [1.29, 1.82) is 0 Å². The number of nitrogens with one attached hydrogen (secondary N) is 1. The summed E-state index contributed by atoms with van der Waals surface area (Å²) in [5, 5.41) is 7.10. The fraction of sp³-hybridized carbons (Fsp3) is 0.308. The Kier molecular flexibility index (Phi) is 8.59. The first-order chi connectivity index (χ1) is 17.0. The first kappa shape index (κ1) is 25.4. The molecule has 1 aromatic carbocycles. The van der Waals surface area contributed by atoms with Crippen LogP contribution in [-0.4, -0.2) is 45.5 Å². The molecular formula is C26H27ClN4O2S2. The van der Waals surface area contributed by atoms with E-state index in [9.17, 15) is 9.59 Å². The number of benzene rings is 1. The third-order valence-corrected chi connectivity index (χ3v) is 8.33. The maximum atomic E-state index is 13.1. The van der Waals surface area contributed by atoms with Gasteiger partial charge in [-0.15, -0.1) is 29.7 Å². The third-order valence-electron chi connectivity index (χ3n) is 5.91. The van der Waals surface area contributed by atoms with Gasteiger partial charge in [0.2, 0.25) is 0 Å². The van der Waals surface area contributed by atoms with E-state index < -0.39 is 0 Å². The molecule has 182 valence electrons. The predicted octanol–water partition coefficient (Wildman–Crippen LogP) is 5.73. The SMILES string of the molecule is C=CCSc1ncccc1C(=O)N1CCC(c2nc(C(=O)NCc3ccc(C)c(Cl)c3)cs2)CC1. The van der Waals surface area contributed by atoms with Crippen LogP contribution < -0.4 is 5.32 Å². The molecule has 0 unspecified atom stereocenters. The van der Waals surface area contributed by atoms with Gasteiger partial charge in [0.15, 0.2) is 0 Å². The topological polar surface area (TPSA) is 75.2 Å². The molecule has 0 saturated carbocycles. The molecule has 1 aliphatic heterocycles. The lowest BCUT2D eigenvalue weighted by Crippen LogP contribution is -2.38. The van der Waals surface area contributed by atoms with Crippen LogP contribution in [0.2, 0.25) is 5.02 Å². The number of thioether (sulfide) groups is 1. The zero-order valence-electron chi connectivity index (χ0n) is 19.5. The number of carbonyl (C=O) groups excluding carboxylic acids is 2. The molecule has 0 aliphatic carbocycles. The summed E-state index contributed by atoms with van der Waals surface area (Å²) in [5.41, 5.74) is 3.02. The van der Waals surface area contributed by atoms with Gasteiger partial charge >= 0.3 is 0 Å². The van der Waals surface area contributed by atoms with E-state index in [0.29, 0.717) is 41.7 Å². The summed E-state index contributed by atoms with van der Waals surface area (Å²) < 4.78 is 0. The summed E-state index contributed by atoms with van der Waals surface area (Å²) in [6.45, 7) is 7.39. The van der Waals surface area contributed by atoms with Gasteiger partial charge in [0.05, 0.1) is 10.6 Å². The van der Waals surface area contributed by atoms with Gasteiger partial charge in [-0.05, 0) is 49.1 Å².